The van der Waals surface area contributed by atoms with E-state index in [0.717, 1.165) is 16.4 Å². The van der Waals surface area contributed by atoms with Gasteiger partial charge in [-0.1, -0.05) is 38.2 Å². The van der Waals surface area contributed by atoms with E-state index in [1.54, 1.807) is 17.5 Å². The third-order valence-corrected chi connectivity index (χ3v) is 5.65. The topological polar surface area (TPSA) is 68.9 Å². The number of hydrogen-bond acceptors (Lipinski definition) is 4. The quantitative estimate of drug-likeness (QED) is 0.721. The van der Waals surface area contributed by atoms with E-state index in [4.69, 9.17) is 4.98 Å². The van der Waals surface area contributed by atoms with Crippen molar-refractivity contribution in [2.75, 3.05) is 5.32 Å². The van der Waals surface area contributed by atoms with Crippen LogP contribution in [0.25, 0.3) is 16.2 Å². The Morgan fingerprint density at radius 1 is 1.25 bits per heavy atom. The summed E-state index contributed by atoms with van der Waals surface area (Å²) in [6, 6.07) is 6.81. The maximum Gasteiger partial charge on any atom is 0.173 e. The van der Waals surface area contributed by atoms with Gasteiger partial charge in [-0.05, 0) is 24.3 Å². The molecule has 2 N–H and O–H groups in total. The van der Waals surface area contributed by atoms with Gasteiger partial charge in [-0.3, -0.25) is 5.10 Å². The Kier molecular flexibility index (Phi) is 4.26. The van der Waals surface area contributed by atoms with Crippen LogP contribution in [0.4, 0.5) is 5.82 Å². The van der Waals surface area contributed by atoms with E-state index in [-0.39, 0.29) is 0 Å². The first-order valence-electron chi connectivity index (χ1n) is 8.67. The number of aromatic nitrogens is 3. The molecule has 0 bridgehead atoms. The van der Waals surface area contributed by atoms with Gasteiger partial charge in [0.15, 0.2) is 11.5 Å². The highest BCUT2D eigenvalue weighted by molar-refractivity contribution is 7.13. The van der Waals surface area contributed by atoms with Crippen molar-refractivity contribution in [2.24, 2.45) is 0 Å². The minimum atomic E-state index is 0.470. The Morgan fingerprint density at radius 3 is 2.75 bits per heavy atom. The number of rotatable bonds is 3. The summed E-state index contributed by atoms with van der Waals surface area (Å²) in [6.07, 6.45) is 10.7. The number of hydrogen-bond donors (Lipinski definition) is 2. The Morgan fingerprint density at radius 2 is 2.04 bits per heavy atom. The lowest BCUT2D eigenvalue weighted by atomic mass is 9.97. The van der Waals surface area contributed by atoms with E-state index in [9.17, 15) is 5.26 Å². The third kappa shape index (κ3) is 2.80. The van der Waals surface area contributed by atoms with Crippen LogP contribution in [-0.2, 0) is 0 Å². The van der Waals surface area contributed by atoms with Crippen molar-refractivity contribution in [1.82, 2.24) is 14.6 Å². The molecule has 1 aliphatic carbocycles. The molecular formula is C18H21N5S. The van der Waals surface area contributed by atoms with Gasteiger partial charge in [0.05, 0.1) is 4.88 Å². The minimum absolute atomic E-state index is 0.470. The first-order chi connectivity index (χ1) is 11.9. The predicted molar refractivity (Wildman–Crippen MR) is 97.3 cm³/mol. The van der Waals surface area contributed by atoms with Crippen LogP contribution in [0.15, 0.2) is 23.7 Å². The molecule has 0 amide bonds. The van der Waals surface area contributed by atoms with Gasteiger partial charge in [0.25, 0.3) is 0 Å². The second kappa shape index (κ2) is 6.70. The van der Waals surface area contributed by atoms with Gasteiger partial charge in [0, 0.05) is 12.2 Å². The molecule has 1 aliphatic rings. The highest BCUT2D eigenvalue weighted by Crippen LogP contribution is 2.34. The fraction of sp³-hybridized carbons (Fsp3) is 0.444. The molecule has 5 nitrogen and oxygen atoms in total. The van der Waals surface area contributed by atoms with Crippen LogP contribution in [-0.4, -0.2) is 20.6 Å². The molecule has 0 radical (unpaired) electrons. The summed E-state index contributed by atoms with van der Waals surface area (Å²) >= 11 is 1.68. The molecule has 0 aliphatic heterocycles. The molecule has 0 saturated heterocycles. The monoisotopic (exact) mass is 339 g/mol. The Labute approximate surface area is 145 Å². The van der Waals surface area contributed by atoms with Gasteiger partial charge in [0.1, 0.15) is 17.3 Å². The molecule has 0 aromatic carbocycles. The Bertz CT molecular complexity index is 844. The highest BCUT2D eigenvalue weighted by atomic mass is 32.1. The molecule has 0 unspecified atom stereocenters. The minimum Gasteiger partial charge on any atom is -0.365 e. The van der Waals surface area contributed by atoms with Crippen molar-refractivity contribution < 1.29 is 0 Å². The molecule has 1 saturated carbocycles. The Hall–Kier alpha value is -2.26. The normalized spacial score (nSPS) is 16.6. The lowest BCUT2D eigenvalue weighted by Gasteiger charge is -2.22. The predicted octanol–water partition coefficient (Wildman–Crippen LogP) is 4.79. The summed E-state index contributed by atoms with van der Waals surface area (Å²) in [5.41, 5.74) is 2.23. The van der Waals surface area contributed by atoms with Crippen molar-refractivity contribution in [3.05, 3.63) is 29.3 Å². The lowest BCUT2D eigenvalue weighted by Crippen LogP contribution is -2.22. The van der Waals surface area contributed by atoms with Crippen molar-refractivity contribution >= 4 is 22.8 Å². The van der Waals surface area contributed by atoms with Gasteiger partial charge < -0.3 is 5.32 Å². The molecule has 24 heavy (non-hydrogen) atoms. The fourth-order valence-electron chi connectivity index (χ4n) is 3.51. The summed E-state index contributed by atoms with van der Waals surface area (Å²) in [6.45, 7) is 0. The zero-order chi connectivity index (χ0) is 16.4. The average molecular weight is 339 g/mol. The van der Waals surface area contributed by atoms with Crippen LogP contribution in [0.5, 0.6) is 0 Å². The molecule has 3 aromatic heterocycles. The number of nitriles is 1. The third-order valence-electron chi connectivity index (χ3n) is 4.78. The van der Waals surface area contributed by atoms with E-state index < -0.39 is 0 Å². The van der Waals surface area contributed by atoms with Crippen molar-refractivity contribution in [1.29, 1.82) is 5.26 Å². The van der Waals surface area contributed by atoms with Crippen molar-refractivity contribution in [3.63, 3.8) is 0 Å². The number of anilines is 1. The van der Waals surface area contributed by atoms with Gasteiger partial charge in [-0.15, -0.1) is 11.3 Å². The second-order valence-electron chi connectivity index (χ2n) is 6.43. The summed E-state index contributed by atoms with van der Waals surface area (Å²) in [5, 5.41) is 18.3. The van der Waals surface area contributed by atoms with Crippen LogP contribution in [0.1, 0.15) is 50.5 Å². The molecule has 0 atom stereocenters. The zero-order valence-electron chi connectivity index (χ0n) is 13.6. The molecule has 1 fully saturated rings. The van der Waals surface area contributed by atoms with Crippen LogP contribution in [0.2, 0.25) is 0 Å². The molecule has 6 heteroatoms. The first kappa shape index (κ1) is 15.3. The lowest BCUT2D eigenvalue weighted by molar-refractivity contribution is 0.470. The van der Waals surface area contributed by atoms with Crippen LogP contribution in [0, 0.1) is 11.3 Å². The van der Waals surface area contributed by atoms with E-state index in [0.29, 0.717) is 17.3 Å². The molecule has 124 valence electrons. The summed E-state index contributed by atoms with van der Waals surface area (Å²) in [4.78, 5) is 5.88. The molecule has 4 rings (SSSR count). The maximum absolute atomic E-state index is 9.30. The summed E-state index contributed by atoms with van der Waals surface area (Å²) in [7, 11) is 0. The fourth-order valence-corrected chi connectivity index (χ4v) is 4.23. The van der Waals surface area contributed by atoms with Gasteiger partial charge in [-0.2, -0.15) is 5.26 Å². The van der Waals surface area contributed by atoms with E-state index >= 15 is 0 Å². The van der Waals surface area contributed by atoms with Crippen molar-refractivity contribution in [3.8, 4) is 16.6 Å². The molecule has 3 heterocycles. The van der Waals surface area contributed by atoms with E-state index in [2.05, 4.69) is 27.9 Å². The largest absolute Gasteiger partial charge is 0.365 e. The highest BCUT2D eigenvalue weighted by Gasteiger charge is 2.21. The van der Waals surface area contributed by atoms with Gasteiger partial charge in [-0.25, -0.2) is 9.50 Å². The van der Waals surface area contributed by atoms with Gasteiger partial charge in [0.2, 0.25) is 0 Å². The van der Waals surface area contributed by atoms with Gasteiger partial charge >= 0.3 is 0 Å². The SMILES string of the molecule is N#Cc1c[nH]n2c(NC3CCCCCCC3)c(-c3cccs3)nc12. The number of nitrogens with zero attached hydrogens (tertiary/aromatic N) is 3. The van der Waals surface area contributed by atoms with E-state index in [1.807, 2.05) is 10.6 Å². The number of thiophene rings is 1. The zero-order valence-corrected chi connectivity index (χ0v) is 14.4. The number of fused-ring (bicyclic) bond motifs is 1. The average Bonchev–Trinajstić information content (AvgIpc) is 3.26. The standard InChI is InChI=1S/C18H21N5S/c19-11-13-12-20-23-17(13)22-16(15-9-6-10-24-15)18(23)21-14-7-4-2-1-3-5-8-14/h6,9-10,12,14,20-21H,1-5,7-8H2. The van der Waals surface area contributed by atoms with Crippen LogP contribution >= 0.6 is 11.3 Å². The van der Waals surface area contributed by atoms with Crippen LogP contribution < -0.4 is 5.32 Å². The van der Waals surface area contributed by atoms with Crippen LogP contribution in [0.3, 0.4) is 0 Å². The number of aromatic amines is 1. The van der Waals surface area contributed by atoms with E-state index in [1.165, 1.54) is 44.9 Å². The number of nitrogens with one attached hydrogen (secondary N) is 2. The molecule has 3 aromatic rings. The maximum atomic E-state index is 9.30. The summed E-state index contributed by atoms with van der Waals surface area (Å²) in [5.74, 6) is 0.986. The molecular weight excluding hydrogens is 318 g/mol. The molecule has 0 spiro atoms. The Balaban J connectivity index is 1.73. The number of H-pyrrole nitrogens is 1. The first-order valence-corrected chi connectivity index (χ1v) is 9.55. The summed E-state index contributed by atoms with van der Waals surface area (Å²) < 4.78 is 1.92. The second-order valence-corrected chi connectivity index (χ2v) is 7.38. The van der Waals surface area contributed by atoms with Crippen molar-refractivity contribution in [2.45, 2.75) is 51.0 Å². The smallest absolute Gasteiger partial charge is 0.173 e. The number of imidazole rings is 1.